The lowest BCUT2D eigenvalue weighted by atomic mass is 9.84. The smallest absolute Gasteiger partial charge is 0.277 e. The molecule has 4 rings (SSSR count). The maximum Gasteiger partial charge on any atom is 0.277 e. The minimum absolute atomic E-state index is 0.00702. The molecule has 1 aliphatic heterocycles. The number of aliphatic hydroxyl groups excluding tert-OH is 8. The van der Waals surface area contributed by atoms with Gasteiger partial charge in [-0.25, -0.2) is 0 Å². The molecular formula is C28H42N4O14S. The van der Waals surface area contributed by atoms with Crippen molar-refractivity contribution in [3.63, 3.8) is 0 Å². The SMILES string of the molecule is CCC(=O)NC(CSCc1c(C)c(=O)n2c(=O)c(C)c(C)n12)C(=O)NC1C(OC2C(O)C(O)C(O)C(O)C2O)OC(CO)C(O)C1O. The first-order chi connectivity index (χ1) is 22.1. The molecule has 10 atom stereocenters. The number of nitrogens with zero attached hydrogens (tertiary/aromatic N) is 2. The van der Waals surface area contributed by atoms with Gasteiger partial charge >= 0.3 is 0 Å². The Kier molecular flexibility index (Phi) is 11.7. The van der Waals surface area contributed by atoms with Gasteiger partial charge in [0.1, 0.15) is 67.0 Å². The van der Waals surface area contributed by atoms with Gasteiger partial charge < -0.3 is 61.0 Å². The minimum Gasteiger partial charge on any atom is -0.394 e. The fourth-order valence-electron chi connectivity index (χ4n) is 5.71. The van der Waals surface area contributed by atoms with Crippen molar-refractivity contribution in [1.82, 2.24) is 19.7 Å². The van der Waals surface area contributed by atoms with Crippen LogP contribution in [0.2, 0.25) is 0 Å². The molecule has 0 spiro atoms. The predicted molar refractivity (Wildman–Crippen MR) is 162 cm³/mol. The van der Waals surface area contributed by atoms with Crippen LogP contribution in [0.1, 0.15) is 35.9 Å². The third kappa shape index (κ3) is 6.92. The molecule has 0 aromatic carbocycles. The van der Waals surface area contributed by atoms with E-state index in [0.717, 1.165) is 16.3 Å². The Morgan fingerprint density at radius 3 is 2.02 bits per heavy atom. The van der Waals surface area contributed by atoms with E-state index >= 15 is 0 Å². The maximum absolute atomic E-state index is 13.6. The van der Waals surface area contributed by atoms with Gasteiger partial charge in [-0.2, -0.15) is 16.3 Å². The molecule has 2 aromatic rings. The summed E-state index contributed by atoms with van der Waals surface area (Å²) in [7, 11) is 0. The van der Waals surface area contributed by atoms with Crippen molar-refractivity contribution in [2.45, 2.75) is 113 Å². The predicted octanol–water partition coefficient (Wildman–Crippen LogP) is -5.62. The average Bonchev–Trinajstić information content (AvgIpc) is 3.43. The number of aromatic nitrogens is 2. The van der Waals surface area contributed by atoms with E-state index in [1.54, 1.807) is 27.7 Å². The lowest BCUT2D eigenvalue weighted by molar-refractivity contribution is -0.319. The van der Waals surface area contributed by atoms with Crippen molar-refractivity contribution in [1.29, 1.82) is 0 Å². The van der Waals surface area contributed by atoms with E-state index in [4.69, 9.17) is 9.47 Å². The average molecular weight is 691 g/mol. The number of hydrogen-bond acceptors (Lipinski definition) is 15. The normalized spacial score (nSPS) is 33.6. The summed E-state index contributed by atoms with van der Waals surface area (Å²) in [6.07, 6.45) is -18.5. The topological polar surface area (TPSA) is 281 Å². The number of fused-ring (bicyclic) bond motifs is 1. The zero-order chi connectivity index (χ0) is 35.1. The second-order valence-corrected chi connectivity index (χ2v) is 12.8. The summed E-state index contributed by atoms with van der Waals surface area (Å²) < 4.78 is 13.7. The molecule has 2 amide bonds. The Bertz CT molecular complexity index is 1540. The first-order valence-corrected chi connectivity index (χ1v) is 16.1. The summed E-state index contributed by atoms with van der Waals surface area (Å²) >= 11 is 1.16. The lowest BCUT2D eigenvalue weighted by Crippen LogP contribution is -2.69. The van der Waals surface area contributed by atoms with Gasteiger partial charge in [-0.15, -0.1) is 0 Å². The van der Waals surface area contributed by atoms with Crippen LogP contribution in [0, 0.1) is 20.8 Å². The molecule has 2 aromatic heterocycles. The maximum atomic E-state index is 13.6. The molecular weight excluding hydrogens is 648 g/mol. The first-order valence-electron chi connectivity index (χ1n) is 15.0. The second-order valence-electron chi connectivity index (χ2n) is 11.8. The monoisotopic (exact) mass is 690 g/mol. The van der Waals surface area contributed by atoms with Gasteiger partial charge in [0, 0.05) is 34.7 Å². The largest absolute Gasteiger partial charge is 0.394 e. The van der Waals surface area contributed by atoms with Crippen LogP contribution >= 0.6 is 11.8 Å². The zero-order valence-corrected chi connectivity index (χ0v) is 26.9. The Hall–Kier alpha value is -2.69. The summed E-state index contributed by atoms with van der Waals surface area (Å²) in [5.74, 6) is -1.30. The van der Waals surface area contributed by atoms with Gasteiger partial charge in [0.15, 0.2) is 6.29 Å². The van der Waals surface area contributed by atoms with Crippen LogP contribution in [0.3, 0.4) is 0 Å². The number of rotatable bonds is 11. The molecule has 10 unspecified atom stereocenters. The van der Waals surface area contributed by atoms with Crippen molar-refractivity contribution < 1.29 is 59.9 Å². The summed E-state index contributed by atoms with van der Waals surface area (Å²) in [6, 6.07) is -2.91. The first kappa shape index (κ1) is 37.1. The summed E-state index contributed by atoms with van der Waals surface area (Å²) in [6.45, 7) is 5.61. The van der Waals surface area contributed by atoms with Gasteiger partial charge in [0.05, 0.1) is 12.3 Å². The Balaban J connectivity index is 1.56. The number of aliphatic hydroxyl groups is 8. The molecule has 18 nitrogen and oxygen atoms in total. The molecule has 10 N–H and O–H groups in total. The number of carbonyl (C=O) groups excluding carboxylic acids is 2. The highest BCUT2D eigenvalue weighted by Crippen LogP contribution is 2.29. The van der Waals surface area contributed by atoms with Crippen molar-refractivity contribution >= 4 is 23.6 Å². The van der Waals surface area contributed by atoms with E-state index in [1.165, 1.54) is 4.52 Å². The van der Waals surface area contributed by atoms with E-state index in [2.05, 4.69) is 10.6 Å². The van der Waals surface area contributed by atoms with Crippen LogP contribution in [-0.2, 0) is 24.8 Å². The molecule has 0 radical (unpaired) electrons. The number of carbonyl (C=O) groups is 2. The van der Waals surface area contributed by atoms with Crippen LogP contribution in [0.4, 0.5) is 0 Å². The fraction of sp³-hybridized carbons (Fsp3) is 0.714. The van der Waals surface area contributed by atoms with Crippen LogP contribution in [0.5, 0.6) is 0 Å². The van der Waals surface area contributed by atoms with Crippen molar-refractivity contribution in [2.24, 2.45) is 0 Å². The van der Waals surface area contributed by atoms with E-state index < -0.39 is 103 Å². The van der Waals surface area contributed by atoms with Gasteiger partial charge in [0.25, 0.3) is 11.1 Å². The number of hydrogen-bond donors (Lipinski definition) is 10. The quantitative estimate of drug-likeness (QED) is 0.105. The molecule has 47 heavy (non-hydrogen) atoms. The summed E-state index contributed by atoms with van der Waals surface area (Å²) in [5.41, 5.74) is 0.916. The standard InChI is InChI=1S/C28H42N4O14S/c1-5-15(34)29-12(7-47-8-13-10(3)27(44)32-26(43)9(2)11(4)31(13)32)25(42)30-16-18(36)17(35)14(6-33)45-28(16)46-24-22(40)20(38)19(37)21(39)23(24)41/h12,14,16-24,28,33,35-41H,5-8H2,1-4H3,(H,29,34)(H,30,42). The number of aryl methyl sites for hydroxylation is 1. The fourth-order valence-corrected chi connectivity index (χ4v) is 6.83. The Morgan fingerprint density at radius 2 is 1.45 bits per heavy atom. The third-order valence-electron chi connectivity index (χ3n) is 8.83. The zero-order valence-electron chi connectivity index (χ0n) is 26.1. The minimum atomic E-state index is -1.97. The summed E-state index contributed by atoms with van der Waals surface area (Å²) in [5, 5.41) is 87.2. The highest BCUT2D eigenvalue weighted by molar-refractivity contribution is 7.98. The molecule has 19 heteroatoms. The summed E-state index contributed by atoms with van der Waals surface area (Å²) in [4.78, 5) is 51.3. The number of ether oxygens (including phenoxy) is 2. The number of amides is 2. The Labute approximate surface area is 271 Å². The van der Waals surface area contributed by atoms with Crippen LogP contribution in [-0.4, -0.2) is 147 Å². The molecule has 1 saturated heterocycles. The van der Waals surface area contributed by atoms with Crippen molar-refractivity contribution in [2.75, 3.05) is 12.4 Å². The third-order valence-corrected chi connectivity index (χ3v) is 9.87. The molecule has 0 bridgehead atoms. The van der Waals surface area contributed by atoms with E-state index in [-0.39, 0.29) is 17.9 Å². The van der Waals surface area contributed by atoms with Gasteiger partial charge in [0.2, 0.25) is 11.8 Å². The molecule has 3 heterocycles. The van der Waals surface area contributed by atoms with Crippen LogP contribution < -0.4 is 21.8 Å². The lowest BCUT2D eigenvalue weighted by Gasteiger charge is -2.47. The van der Waals surface area contributed by atoms with Gasteiger partial charge in [-0.1, -0.05) is 6.92 Å². The van der Waals surface area contributed by atoms with E-state index in [9.17, 15) is 60.0 Å². The highest BCUT2D eigenvalue weighted by Gasteiger charge is 2.53. The van der Waals surface area contributed by atoms with Crippen molar-refractivity contribution in [3.8, 4) is 0 Å². The second kappa shape index (κ2) is 14.8. The van der Waals surface area contributed by atoms with E-state index in [1.807, 2.05) is 0 Å². The number of nitrogens with one attached hydrogen (secondary N) is 2. The van der Waals surface area contributed by atoms with Crippen LogP contribution in [0.15, 0.2) is 9.59 Å². The molecule has 264 valence electrons. The molecule has 2 aliphatic rings. The molecule has 1 aliphatic carbocycles. The van der Waals surface area contributed by atoms with E-state index in [0.29, 0.717) is 22.5 Å². The van der Waals surface area contributed by atoms with Crippen molar-refractivity contribution in [3.05, 3.63) is 43.2 Å². The highest BCUT2D eigenvalue weighted by atomic mass is 32.2. The molecule has 2 fully saturated rings. The number of thioether (sulfide) groups is 1. The Morgan fingerprint density at radius 1 is 0.872 bits per heavy atom. The van der Waals surface area contributed by atoms with Crippen LogP contribution in [0.25, 0.3) is 0 Å². The molecule has 1 saturated carbocycles. The van der Waals surface area contributed by atoms with Gasteiger partial charge in [-0.3, -0.25) is 23.7 Å². The van der Waals surface area contributed by atoms with Gasteiger partial charge in [-0.05, 0) is 20.8 Å².